The lowest BCUT2D eigenvalue weighted by atomic mass is 10.1. The van der Waals surface area contributed by atoms with Gasteiger partial charge in [-0.15, -0.1) is 0 Å². The van der Waals surface area contributed by atoms with Gasteiger partial charge in [-0.05, 0) is 12.1 Å². The largest absolute Gasteiger partial charge is 0.439 e. The van der Waals surface area contributed by atoms with Crippen LogP contribution in [0.5, 0.6) is 0 Å². The van der Waals surface area contributed by atoms with Crippen LogP contribution >= 0.6 is 8.60 Å². The molecule has 0 aliphatic carbocycles. The van der Waals surface area contributed by atoms with E-state index in [0.29, 0.717) is 5.89 Å². The number of oxazole rings is 1. The van der Waals surface area contributed by atoms with Crippen molar-refractivity contribution in [2.24, 2.45) is 0 Å². The lowest BCUT2D eigenvalue weighted by Gasteiger charge is -2.18. The quantitative estimate of drug-likeness (QED) is 0.336. The van der Waals surface area contributed by atoms with Crippen LogP contribution in [0.3, 0.4) is 0 Å². The number of hydrogen-bond acceptors (Lipinski definition) is 10. The van der Waals surface area contributed by atoms with E-state index in [1.807, 2.05) is 18.2 Å². The summed E-state index contributed by atoms with van der Waals surface area (Å²) in [5.41, 5.74) is -0.682. The van der Waals surface area contributed by atoms with Gasteiger partial charge in [0.1, 0.15) is 24.1 Å². The fourth-order valence-corrected chi connectivity index (χ4v) is 3.64. The first kappa shape index (κ1) is 22.5. The molecule has 1 aliphatic heterocycles. The maximum atomic E-state index is 13.0. The zero-order valence-corrected chi connectivity index (χ0v) is 17.4. The molecule has 4 rings (SSSR count). The Balaban J connectivity index is 1.58. The molecule has 4 N–H and O–H groups in total. The van der Waals surface area contributed by atoms with Gasteiger partial charge in [-0.3, -0.25) is 13.9 Å². The van der Waals surface area contributed by atoms with Gasteiger partial charge >= 0.3 is 14.3 Å². The van der Waals surface area contributed by atoms with Crippen molar-refractivity contribution < 1.29 is 33.7 Å². The maximum absolute atomic E-state index is 13.0. The van der Waals surface area contributed by atoms with Crippen molar-refractivity contribution in [3.05, 3.63) is 75.4 Å². The van der Waals surface area contributed by atoms with Gasteiger partial charge in [0, 0.05) is 17.8 Å². The summed E-state index contributed by atoms with van der Waals surface area (Å²) in [6, 6.07) is 10.2. The highest BCUT2D eigenvalue weighted by molar-refractivity contribution is 7.39. The van der Waals surface area contributed by atoms with E-state index < -0.39 is 51.0 Å². The van der Waals surface area contributed by atoms with Crippen LogP contribution in [0.15, 0.2) is 62.8 Å². The second-order valence-corrected chi connectivity index (χ2v) is 7.79. The molecule has 4 unspecified atom stereocenters. The van der Waals surface area contributed by atoms with E-state index in [-0.39, 0.29) is 12.3 Å². The maximum Gasteiger partial charge on any atom is 0.333 e. The molecule has 1 aromatic carbocycles. The van der Waals surface area contributed by atoms with Crippen molar-refractivity contribution in [2.75, 3.05) is 6.61 Å². The van der Waals surface area contributed by atoms with E-state index >= 15 is 0 Å². The van der Waals surface area contributed by atoms with Crippen LogP contribution in [0, 0.1) is 0 Å². The summed E-state index contributed by atoms with van der Waals surface area (Å²) < 4.78 is 17.6. The number of ether oxygens (including phenoxy) is 1. The van der Waals surface area contributed by atoms with Crippen molar-refractivity contribution in [3.8, 4) is 11.5 Å². The molecule has 4 atom stereocenters. The molecule has 3 heterocycles. The number of benzene rings is 1. The normalized spacial score (nSPS) is 23.2. The lowest BCUT2D eigenvalue weighted by molar-refractivity contribution is -0.0531. The van der Waals surface area contributed by atoms with Crippen LogP contribution in [-0.2, 0) is 15.8 Å². The Morgan fingerprint density at radius 3 is 2.56 bits per heavy atom. The van der Waals surface area contributed by atoms with Crippen LogP contribution in [-0.4, -0.2) is 59.0 Å². The highest BCUT2D eigenvalue weighted by Crippen LogP contribution is 2.32. The van der Waals surface area contributed by atoms with Gasteiger partial charge < -0.3 is 33.7 Å². The smallest absolute Gasteiger partial charge is 0.333 e. The molecule has 1 fully saturated rings. The van der Waals surface area contributed by atoms with E-state index in [1.165, 1.54) is 6.20 Å². The molecule has 0 radical (unpaired) electrons. The van der Waals surface area contributed by atoms with Crippen molar-refractivity contribution >= 4 is 8.60 Å². The van der Waals surface area contributed by atoms with Crippen molar-refractivity contribution in [3.63, 3.8) is 0 Å². The molecule has 32 heavy (non-hydrogen) atoms. The minimum Gasteiger partial charge on any atom is -0.439 e. The molecule has 1 saturated heterocycles. The SMILES string of the molecule is O=c1ccn(C2OC(COP(O)O)C(O)C2O)c(=O)n1Cc1cnc(-c2ccccc2)o1. The predicted octanol–water partition coefficient (Wildman–Crippen LogP) is -0.439. The first-order valence-electron chi connectivity index (χ1n) is 9.49. The molecule has 170 valence electrons. The number of nitrogens with zero attached hydrogens (tertiary/aromatic N) is 3. The second kappa shape index (κ2) is 9.43. The highest BCUT2D eigenvalue weighted by atomic mass is 31.2. The molecule has 0 saturated carbocycles. The van der Waals surface area contributed by atoms with Crippen LogP contribution in [0.4, 0.5) is 0 Å². The minimum absolute atomic E-state index is 0.213. The molecular formula is C19H20N3O9P. The van der Waals surface area contributed by atoms with Gasteiger partial charge in [-0.1, -0.05) is 18.2 Å². The average molecular weight is 465 g/mol. The molecule has 2 aromatic heterocycles. The molecule has 1 aliphatic rings. The van der Waals surface area contributed by atoms with E-state index in [0.717, 1.165) is 27.0 Å². The third-order valence-corrected chi connectivity index (χ3v) is 5.33. The summed E-state index contributed by atoms with van der Waals surface area (Å²) >= 11 is 0. The van der Waals surface area contributed by atoms with E-state index in [2.05, 4.69) is 9.51 Å². The third kappa shape index (κ3) is 4.57. The van der Waals surface area contributed by atoms with Gasteiger partial charge in [0.2, 0.25) is 5.89 Å². The Hall–Kier alpha value is -2.70. The third-order valence-electron chi connectivity index (χ3n) is 4.95. The molecule has 0 bridgehead atoms. The Kier molecular flexibility index (Phi) is 6.63. The molecule has 13 heteroatoms. The molecule has 12 nitrogen and oxygen atoms in total. The molecule has 3 aromatic rings. The number of aliphatic hydroxyl groups is 2. The Morgan fingerprint density at radius 1 is 1.09 bits per heavy atom. The van der Waals surface area contributed by atoms with Crippen LogP contribution < -0.4 is 11.2 Å². The van der Waals surface area contributed by atoms with Crippen LogP contribution in [0.2, 0.25) is 0 Å². The fourth-order valence-electron chi connectivity index (χ4n) is 3.36. The van der Waals surface area contributed by atoms with Crippen LogP contribution in [0.1, 0.15) is 12.0 Å². The summed E-state index contributed by atoms with van der Waals surface area (Å²) in [6.07, 6.45) is -2.86. The van der Waals surface area contributed by atoms with Crippen LogP contribution in [0.25, 0.3) is 11.5 Å². The number of hydrogen-bond donors (Lipinski definition) is 4. The Morgan fingerprint density at radius 2 is 1.84 bits per heavy atom. The minimum atomic E-state index is -2.68. The number of aliphatic hydroxyl groups excluding tert-OH is 2. The molecule has 0 amide bonds. The number of rotatable bonds is 7. The van der Waals surface area contributed by atoms with Gasteiger partial charge in [0.05, 0.1) is 19.3 Å². The van der Waals surface area contributed by atoms with Gasteiger partial charge in [0.15, 0.2) is 6.23 Å². The monoisotopic (exact) mass is 465 g/mol. The first-order chi connectivity index (χ1) is 15.3. The summed E-state index contributed by atoms with van der Waals surface area (Å²) in [7, 11) is -2.68. The van der Waals surface area contributed by atoms with E-state index in [1.54, 1.807) is 12.1 Å². The summed E-state index contributed by atoms with van der Waals surface area (Å²) in [4.78, 5) is 47.2. The number of aromatic nitrogens is 3. The zero-order chi connectivity index (χ0) is 22.8. The summed E-state index contributed by atoms with van der Waals surface area (Å²) in [5, 5.41) is 20.5. The fraction of sp³-hybridized carbons (Fsp3) is 0.316. The Labute approximate surface area is 181 Å². The standard InChI is InChI=1S/C19H20N3O9P/c23-14-6-7-21(18-16(25)15(24)13(31-18)10-29-32(27)28)19(26)22(14)9-12-8-20-17(30-12)11-4-2-1-3-5-11/h1-8,13,15-16,18,24-25,27-28H,9-10H2. The van der Waals surface area contributed by atoms with E-state index in [4.69, 9.17) is 18.9 Å². The van der Waals surface area contributed by atoms with E-state index in [9.17, 15) is 19.8 Å². The molecule has 0 spiro atoms. The van der Waals surface area contributed by atoms with Crippen molar-refractivity contribution in [2.45, 2.75) is 31.1 Å². The summed E-state index contributed by atoms with van der Waals surface area (Å²) in [5.74, 6) is 0.595. The highest BCUT2D eigenvalue weighted by Gasteiger charge is 2.44. The zero-order valence-electron chi connectivity index (χ0n) is 16.5. The average Bonchev–Trinajstić information content (AvgIpc) is 3.36. The lowest BCUT2D eigenvalue weighted by Crippen LogP contribution is -2.43. The first-order valence-corrected chi connectivity index (χ1v) is 10.7. The second-order valence-electron chi connectivity index (χ2n) is 7.02. The van der Waals surface area contributed by atoms with Gasteiger partial charge in [-0.25, -0.2) is 9.78 Å². The topological polar surface area (TPSA) is 169 Å². The van der Waals surface area contributed by atoms with Crippen molar-refractivity contribution in [1.29, 1.82) is 0 Å². The summed E-state index contributed by atoms with van der Waals surface area (Å²) in [6.45, 7) is -0.627. The van der Waals surface area contributed by atoms with Gasteiger partial charge in [-0.2, -0.15) is 0 Å². The Bertz CT molecular complexity index is 1180. The molecular weight excluding hydrogens is 445 g/mol. The van der Waals surface area contributed by atoms with Gasteiger partial charge in [0.25, 0.3) is 5.56 Å². The predicted molar refractivity (Wildman–Crippen MR) is 109 cm³/mol. The van der Waals surface area contributed by atoms with Crippen molar-refractivity contribution in [1.82, 2.24) is 14.1 Å².